The summed E-state index contributed by atoms with van der Waals surface area (Å²) in [7, 11) is 1.35. The van der Waals surface area contributed by atoms with Crippen molar-refractivity contribution in [3.8, 4) is 156 Å². The van der Waals surface area contributed by atoms with Gasteiger partial charge < -0.3 is 14.6 Å². The van der Waals surface area contributed by atoms with Crippen LogP contribution in [0.5, 0.6) is 0 Å². The van der Waals surface area contributed by atoms with Crippen LogP contribution in [0.3, 0.4) is 0 Å². The van der Waals surface area contributed by atoms with Gasteiger partial charge in [-0.15, -0.1) is 0 Å². The summed E-state index contributed by atoms with van der Waals surface area (Å²) in [4.78, 5) is 32.5. The van der Waals surface area contributed by atoms with Crippen LogP contribution in [0.1, 0.15) is 416 Å². The Morgan fingerprint density at radius 3 is 0.470 bits per heavy atom. The van der Waals surface area contributed by atoms with E-state index < -0.39 is 17.9 Å². The molecule has 149 heavy (non-hydrogen) atoms. The average Bonchev–Trinajstić information content (AvgIpc) is 0.754. The number of hydrogen-bond acceptors (Lipinski definition) is 5. The molecular formula is C143H165NO4S. The first-order chi connectivity index (χ1) is 70.9. The van der Waals surface area contributed by atoms with E-state index in [-0.39, 0.29) is 100 Å². The van der Waals surface area contributed by atoms with Crippen molar-refractivity contribution in [1.82, 2.24) is 5.32 Å². The van der Waals surface area contributed by atoms with E-state index in [0.29, 0.717) is 28.7 Å². The summed E-state index contributed by atoms with van der Waals surface area (Å²) >= 11 is 0.507. The third-order valence-electron chi connectivity index (χ3n) is 31.2. The Bertz CT molecular complexity index is 6090. The Kier molecular flexibility index (Phi) is 34.9. The number of amides is 1. The molecule has 0 spiro atoms. The Morgan fingerprint density at radius 2 is 0.336 bits per heavy atom. The zero-order valence-corrected chi connectivity index (χ0v) is 96.4. The summed E-state index contributed by atoms with van der Waals surface area (Å²) in [6.45, 7) is 74.6. The maximum absolute atomic E-state index is 17.8. The number of carbonyl (C=O) groups is 2. The molecule has 0 saturated carbocycles. The summed E-state index contributed by atoms with van der Waals surface area (Å²) in [6, 6.07) is 105. The molecule has 15 aromatic rings. The number of carbonyl (C=O) groups excluding carboxylic acids is 2. The lowest BCUT2D eigenvalue weighted by Crippen LogP contribution is -2.43. The van der Waals surface area contributed by atoms with Gasteiger partial charge in [0.05, 0.1) is 18.4 Å². The molecule has 0 fully saturated rings. The second kappa shape index (κ2) is 47.0. The maximum atomic E-state index is 17.8. The van der Waals surface area contributed by atoms with E-state index in [1.54, 1.807) is 0 Å². The quantitative estimate of drug-likeness (QED) is 0.0306. The number of nitrogens with one attached hydrogen (secondary N) is 1. The van der Waals surface area contributed by atoms with Crippen molar-refractivity contribution < 1.29 is 18.9 Å². The predicted molar refractivity (Wildman–Crippen MR) is 646 cm³/mol. The van der Waals surface area contributed by atoms with Gasteiger partial charge in [0.1, 0.15) is 6.04 Å². The second-order valence-electron chi connectivity index (χ2n) is 47.3. The number of benzene rings is 15. The van der Waals surface area contributed by atoms with Crippen LogP contribution in [0.4, 0.5) is 0 Å². The van der Waals surface area contributed by atoms with E-state index in [2.05, 4.69) is 500 Å². The van der Waals surface area contributed by atoms with Crippen LogP contribution in [0.25, 0.3) is 156 Å². The van der Waals surface area contributed by atoms with E-state index in [9.17, 15) is 9.35 Å². The van der Waals surface area contributed by atoms with E-state index in [1.807, 2.05) is 0 Å². The van der Waals surface area contributed by atoms with Gasteiger partial charge in [-0.1, -0.05) is 385 Å². The molecule has 6 heteroatoms. The third-order valence-corrected chi connectivity index (χ3v) is 31.7. The molecule has 15 rings (SSSR count). The minimum atomic E-state index is -1.28. The van der Waals surface area contributed by atoms with Gasteiger partial charge in [-0.3, -0.25) is 4.79 Å². The Hall–Kier alpha value is -12.5. The molecule has 0 heterocycles. The van der Waals surface area contributed by atoms with Crippen molar-refractivity contribution in [2.24, 2.45) is 0 Å². The largest absolute Gasteiger partial charge is 0.467 e. The molecule has 0 unspecified atom stereocenters. The predicted octanol–water partition coefficient (Wildman–Crippen LogP) is 42.5. The summed E-state index contributed by atoms with van der Waals surface area (Å²) in [5.74, 6) is 1.67. The zero-order chi connectivity index (χ0) is 108. The van der Waals surface area contributed by atoms with Gasteiger partial charge in [-0.2, -0.15) is 0 Å². The van der Waals surface area contributed by atoms with Crippen LogP contribution >= 0.6 is 12.0 Å². The fraction of sp³-hybridized carbons (Fsp3) is 0.357. The SMILES string of the molecule is COC(=O)[C@H](CSO)NC(=O)c1c(-c2cc(-c3cc(-c4c(C(C)C)cccc4C(C)C)cc(-c4c(C(C)C)cccc4C(C)C)c3)cc(-c3cc(-c4c(C(C)C)cccc4C(C)C)cc(-c4c(C(C)C)cccc4C(C)C)c3)c2)cccc1-c1cc(-c2cc(-c3c(C(C)C)cccc3C(C)C)cc(-c3c(C(C)C)cccc3C(C)C)c2)cc(-c2cc(-c3c(C(C)C)cccc3C(C)C)cc(-c3c(C(C)C)cccc3C(C)C)c2)c1. The van der Waals surface area contributed by atoms with Crippen LogP contribution in [-0.4, -0.2) is 35.3 Å². The molecule has 0 bridgehead atoms. The monoisotopic (exact) mass is 1990 g/mol. The molecule has 0 saturated heterocycles. The topological polar surface area (TPSA) is 75.6 Å². The molecule has 0 aromatic heterocycles. The van der Waals surface area contributed by atoms with E-state index in [4.69, 9.17) is 4.74 Å². The maximum Gasteiger partial charge on any atom is 0.329 e. The Balaban J connectivity index is 1.18. The third kappa shape index (κ3) is 23.2. The highest BCUT2D eigenvalue weighted by atomic mass is 32.2. The standard InChI is InChI=1S/C143H165NO4S/c1-80(2)114-43-34-44-115(81(3)4)133(114)106-67-100(68-107(75-106)134-116(82(5)6)45-35-46-117(134)83(7)8)96-61-97(101-69-108(135-118(84(9)10)47-36-48-119(135)85(11)12)76-109(70-101)136-120(86(13)14)49-37-50-121(136)87(15)16)64-104(63-96)130-59-42-60-131(141(130)142(145)144-132(79-149-147)143(146)148-33)105-65-98(102-71-110(137-122(88(17)18)51-38-52-123(137)89(19)20)77-111(72-102)138-124(90(21)22)53-39-54-125(138)91(23)24)62-99(66-105)103-73-112(139-126(92(25)26)55-40-56-127(139)93(27)28)78-113(74-103)140-128(94(29)30)57-41-58-129(140)95(31)32/h34-78,80-95,132,147H,79H2,1-33H3,(H,144,145)/t132-/m0/s1. The van der Waals surface area contributed by atoms with Gasteiger partial charge >= 0.3 is 5.97 Å². The van der Waals surface area contributed by atoms with Gasteiger partial charge in [-0.25, -0.2) is 4.79 Å². The highest BCUT2D eigenvalue weighted by Gasteiger charge is 2.33. The molecule has 15 aromatic carbocycles. The van der Waals surface area contributed by atoms with Crippen LogP contribution in [0.15, 0.2) is 273 Å². The van der Waals surface area contributed by atoms with Crippen molar-refractivity contribution in [2.75, 3.05) is 12.9 Å². The first kappa shape index (κ1) is 111. The normalized spacial score (nSPS) is 12.3. The van der Waals surface area contributed by atoms with Crippen molar-refractivity contribution >= 4 is 23.9 Å². The van der Waals surface area contributed by atoms with Crippen LogP contribution in [-0.2, 0) is 9.53 Å². The van der Waals surface area contributed by atoms with Crippen molar-refractivity contribution in [3.63, 3.8) is 0 Å². The minimum Gasteiger partial charge on any atom is -0.467 e. The first-order valence-electron chi connectivity index (χ1n) is 55.7. The number of hydrogen-bond donors (Lipinski definition) is 2. The summed E-state index contributed by atoms with van der Waals surface area (Å²) in [5.41, 5.74) is 50.9. The molecule has 2 N–H and O–H groups in total. The van der Waals surface area contributed by atoms with Gasteiger partial charge in [-0.05, 0) is 461 Å². The van der Waals surface area contributed by atoms with Crippen molar-refractivity contribution in [3.05, 3.63) is 368 Å². The van der Waals surface area contributed by atoms with Gasteiger partial charge in [0.15, 0.2) is 0 Å². The van der Waals surface area contributed by atoms with E-state index in [0.717, 1.165) is 100 Å². The second-order valence-corrected chi connectivity index (χ2v) is 47.9. The van der Waals surface area contributed by atoms with Crippen LogP contribution in [0, 0.1) is 0 Å². The molecule has 0 aliphatic carbocycles. The molecule has 1 amide bonds. The summed E-state index contributed by atoms with van der Waals surface area (Å²) in [6.07, 6.45) is 0. The van der Waals surface area contributed by atoms with Crippen LogP contribution in [0.2, 0.25) is 0 Å². The van der Waals surface area contributed by atoms with Crippen molar-refractivity contribution in [2.45, 2.75) is 322 Å². The highest BCUT2D eigenvalue weighted by Crippen LogP contribution is 2.54. The summed E-state index contributed by atoms with van der Waals surface area (Å²) < 4.78 is 16.8. The molecule has 0 aliphatic heterocycles. The molecular weight excluding hydrogens is 1830 g/mol. The highest BCUT2D eigenvalue weighted by molar-refractivity contribution is 7.93. The summed E-state index contributed by atoms with van der Waals surface area (Å²) in [5, 5.41) is 3.33. The number of ether oxygens (including phenoxy) is 1. The van der Waals surface area contributed by atoms with Crippen molar-refractivity contribution in [1.29, 1.82) is 0 Å². The van der Waals surface area contributed by atoms with E-state index in [1.165, 1.54) is 141 Å². The lowest BCUT2D eigenvalue weighted by Gasteiger charge is -2.25. The lowest BCUT2D eigenvalue weighted by atomic mass is 9.79. The molecule has 0 aliphatic rings. The molecule has 5 nitrogen and oxygen atoms in total. The fourth-order valence-corrected chi connectivity index (χ4v) is 23.9. The minimum absolute atomic E-state index is 0.175. The van der Waals surface area contributed by atoms with Gasteiger partial charge in [0, 0.05) is 0 Å². The average molecular weight is 1990 g/mol. The fourth-order valence-electron chi connectivity index (χ4n) is 23.5. The molecule has 772 valence electrons. The number of esters is 1. The van der Waals surface area contributed by atoms with Gasteiger partial charge in [0.2, 0.25) is 0 Å². The Labute approximate surface area is 900 Å². The molecule has 0 radical (unpaired) electrons. The Morgan fingerprint density at radius 1 is 0.208 bits per heavy atom. The van der Waals surface area contributed by atoms with Crippen LogP contribution < -0.4 is 5.32 Å². The lowest BCUT2D eigenvalue weighted by molar-refractivity contribution is -0.142. The first-order valence-corrected chi connectivity index (χ1v) is 56.6. The zero-order valence-electron chi connectivity index (χ0n) is 95.6. The number of methoxy groups -OCH3 is 1. The molecule has 1 atom stereocenters. The van der Waals surface area contributed by atoms with Gasteiger partial charge in [0.25, 0.3) is 5.91 Å². The van der Waals surface area contributed by atoms with E-state index >= 15 is 4.79 Å². The smallest absolute Gasteiger partial charge is 0.329 e. The number of rotatable bonds is 35.